The van der Waals surface area contributed by atoms with Crippen LogP contribution in [0.15, 0.2) is 36.4 Å². The van der Waals surface area contributed by atoms with Crippen molar-refractivity contribution in [3.8, 4) is 0 Å². The Balaban J connectivity index is 1.04. The highest BCUT2D eigenvalue weighted by Gasteiger charge is 2.76. The van der Waals surface area contributed by atoms with Crippen molar-refractivity contribution in [3.05, 3.63) is 42.0 Å². The molecule has 1 aromatic carbocycles. The van der Waals surface area contributed by atoms with E-state index in [9.17, 15) is 34.5 Å². The second kappa shape index (κ2) is 16.6. The van der Waals surface area contributed by atoms with E-state index in [0.29, 0.717) is 19.4 Å². The minimum atomic E-state index is -1.73. The maximum Gasteiger partial charge on any atom is 0.331 e. The average Bonchev–Trinajstić information content (AvgIpc) is 3.94. The van der Waals surface area contributed by atoms with E-state index in [2.05, 4.69) is 0 Å². The molecule has 0 radical (unpaired) electrons. The molecule has 17 atom stereocenters. The molecule has 3 N–H and O–H groups in total. The number of carbonyl (C=O) groups excluding carboxylic acids is 4. The fourth-order valence-electron chi connectivity index (χ4n) is 8.85. The van der Waals surface area contributed by atoms with Gasteiger partial charge < -0.3 is 62.7 Å². The first-order chi connectivity index (χ1) is 27.1. The number of fused-ring (bicyclic) bond motifs is 3. The number of hydrogen-bond acceptors (Lipinski definition) is 17. The molecule has 1 aliphatic carbocycles. The van der Waals surface area contributed by atoms with E-state index in [1.165, 1.54) is 19.9 Å². The predicted molar refractivity (Wildman–Crippen MR) is 191 cm³/mol. The van der Waals surface area contributed by atoms with E-state index >= 15 is 0 Å². The number of rotatable bonds is 9. The molecule has 0 amide bonds. The number of ether oxygens (including phenoxy) is 10. The molecule has 314 valence electrons. The summed E-state index contributed by atoms with van der Waals surface area (Å²) in [6.45, 7) is 7.81. The van der Waals surface area contributed by atoms with Crippen LogP contribution in [-0.4, -0.2) is 137 Å². The Labute approximate surface area is 329 Å². The summed E-state index contributed by atoms with van der Waals surface area (Å²) in [4.78, 5) is 50.9. The molecule has 7 rings (SSSR count). The largest absolute Gasteiger partial charge is 0.459 e. The molecular weight excluding hydrogens is 752 g/mol. The van der Waals surface area contributed by atoms with Crippen molar-refractivity contribution in [2.45, 2.75) is 145 Å². The Morgan fingerprint density at radius 2 is 1.44 bits per heavy atom. The van der Waals surface area contributed by atoms with Crippen LogP contribution >= 0.6 is 0 Å². The first-order valence-electron chi connectivity index (χ1n) is 19.6. The SMILES string of the molecule is CC(=O)OC1C(O)C(C)OC(OC2C(OC(=O)C3CCC4C(C3)OC3(CC(OC(=O)/C=C/c5ccccc5)C(C)CO3)C43CO3)OC(C)C(O)C2OC(C)=O)C1O. The molecule has 57 heavy (non-hydrogen) atoms. The molecule has 2 spiro atoms. The molecule has 6 aliphatic rings. The van der Waals surface area contributed by atoms with Crippen molar-refractivity contribution in [3.63, 3.8) is 0 Å². The van der Waals surface area contributed by atoms with Crippen LogP contribution in [0.2, 0.25) is 0 Å². The minimum Gasteiger partial charge on any atom is -0.459 e. The van der Waals surface area contributed by atoms with Crippen molar-refractivity contribution < 1.29 is 81.9 Å². The van der Waals surface area contributed by atoms with Crippen LogP contribution in [-0.2, 0) is 66.5 Å². The smallest absolute Gasteiger partial charge is 0.331 e. The van der Waals surface area contributed by atoms with Gasteiger partial charge in [-0.3, -0.25) is 14.4 Å². The second-order valence-corrected chi connectivity index (χ2v) is 16.0. The number of epoxide rings is 1. The van der Waals surface area contributed by atoms with Crippen LogP contribution < -0.4 is 0 Å². The van der Waals surface area contributed by atoms with Crippen LogP contribution in [0.3, 0.4) is 0 Å². The maximum atomic E-state index is 14.0. The van der Waals surface area contributed by atoms with E-state index < -0.39 is 115 Å². The number of aliphatic hydroxyl groups is 3. The molecule has 1 aromatic rings. The molecule has 1 saturated carbocycles. The predicted octanol–water partition coefficient (Wildman–Crippen LogP) is 1.31. The minimum absolute atomic E-state index is 0.109. The summed E-state index contributed by atoms with van der Waals surface area (Å²) in [5.41, 5.74) is 0.102. The fraction of sp³-hybridized carbons (Fsp3) is 0.700. The van der Waals surface area contributed by atoms with E-state index in [0.717, 1.165) is 19.4 Å². The third kappa shape index (κ3) is 8.36. The van der Waals surface area contributed by atoms with Crippen molar-refractivity contribution in [2.24, 2.45) is 17.8 Å². The fourth-order valence-corrected chi connectivity index (χ4v) is 8.85. The van der Waals surface area contributed by atoms with Gasteiger partial charge in [-0.15, -0.1) is 0 Å². The second-order valence-electron chi connectivity index (χ2n) is 16.0. The Morgan fingerprint density at radius 3 is 2.11 bits per heavy atom. The monoisotopic (exact) mass is 804 g/mol. The number of esters is 4. The van der Waals surface area contributed by atoms with Crippen molar-refractivity contribution >= 4 is 30.0 Å². The molecular formula is C40H52O17. The van der Waals surface area contributed by atoms with Gasteiger partial charge in [-0.1, -0.05) is 37.3 Å². The third-order valence-corrected chi connectivity index (χ3v) is 12.0. The zero-order valence-corrected chi connectivity index (χ0v) is 32.5. The first kappa shape index (κ1) is 41.6. The summed E-state index contributed by atoms with van der Waals surface area (Å²) in [5, 5.41) is 32.7. The van der Waals surface area contributed by atoms with Crippen LogP contribution in [0.4, 0.5) is 0 Å². The van der Waals surface area contributed by atoms with Gasteiger partial charge in [0.05, 0.1) is 37.4 Å². The van der Waals surface area contributed by atoms with Crippen LogP contribution in [0.1, 0.15) is 65.9 Å². The van der Waals surface area contributed by atoms with Gasteiger partial charge in [0, 0.05) is 38.2 Å². The van der Waals surface area contributed by atoms with Gasteiger partial charge in [-0.25, -0.2) is 4.79 Å². The average molecular weight is 805 g/mol. The standard InChI is InChI=1S/C40H52O17/c1-19-17-48-40(16-28(19)54-29(43)14-11-24-9-7-6-8-10-24)39(18-49-39)26-13-12-25(15-27(26)57-40)36(47)56-38-35(34(53-23(5)42)31(45)21(3)51-38)55-37-32(46)33(52-22(4)41)30(44)20(2)50-37/h6-11,14,19-21,25-28,30-35,37-38,44-46H,12-13,15-18H2,1-5H3/b14-11+. The van der Waals surface area contributed by atoms with Gasteiger partial charge in [0.15, 0.2) is 30.2 Å². The van der Waals surface area contributed by atoms with E-state index in [1.54, 1.807) is 6.08 Å². The first-order valence-corrected chi connectivity index (χ1v) is 19.6. The van der Waals surface area contributed by atoms with Gasteiger partial charge in [0.1, 0.15) is 24.4 Å². The number of carbonyl (C=O) groups is 4. The molecule has 6 fully saturated rings. The molecule has 5 aliphatic heterocycles. The molecule has 5 heterocycles. The lowest BCUT2D eigenvalue weighted by atomic mass is 9.72. The Hall–Kier alpha value is -3.52. The number of benzene rings is 1. The van der Waals surface area contributed by atoms with Gasteiger partial charge >= 0.3 is 23.9 Å². The molecule has 17 unspecified atom stereocenters. The molecule has 0 bridgehead atoms. The van der Waals surface area contributed by atoms with Crippen molar-refractivity contribution in [1.82, 2.24) is 0 Å². The number of hydrogen-bond donors (Lipinski definition) is 3. The van der Waals surface area contributed by atoms with Crippen LogP contribution in [0, 0.1) is 17.8 Å². The lowest BCUT2D eigenvalue weighted by Gasteiger charge is -2.46. The molecule has 17 heteroatoms. The molecule has 17 nitrogen and oxygen atoms in total. The molecule has 0 aromatic heterocycles. The Bertz CT molecular complexity index is 1670. The van der Waals surface area contributed by atoms with Crippen LogP contribution in [0.25, 0.3) is 6.08 Å². The van der Waals surface area contributed by atoms with Crippen molar-refractivity contribution in [1.29, 1.82) is 0 Å². The Kier molecular flexibility index (Phi) is 12.1. The van der Waals surface area contributed by atoms with E-state index in [1.807, 2.05) is 37.3 Å². The van der Waals surface area contributed by atoms with E-state index in [4.69, 9.17) is 47.4 Å². The highest BCUT2D eigenvalue weighted by Crippen LogP contribution is 2.62. The lowest BCUT2D eigenvalue weighted by molar-refractivity contribution is -0.358. The normalized spacial score (nSPS) is 44.0. The summed E-state index contributed by atoms with van der Waals surface area (Å²) >= 11 is 0. The van der Waals surface area contributed by atoms with Gasteiger partial charge in [-0.2, -0.15) is 0 Å². The topological polar surface area (TPSA) is 225 Å². The lowest BCUT2D eigenvalue weighted by Crippen LogP contribution is -2.64. The maximum absolute atomic E-state index is 14.0. The summed E-state index contributed by atoms with van der Waals surface area (Å²) in [6.07, 6.45) is -10.6. The van der Waals surface area contributed by atoms with Gasteiger partial charge in [0.25, 0.3) is 0 Å². The summed E-state index contributed by atoms with van der Waals surface area (Å²) < 4.78 is 59.4. The zero-order valence-electron chi connectivity index (χ0n) is 32.5. The van der Waals surface area contributed by atoms with Crippen molar-refractivity contribution in [2.75, 3.05) is 13.2 Å². The summed E-state index contributed by atoms with van der Waals surface area (Å²) in [6, 6.07) is 9.42. The van der Waals surface area contributed by atoms with Crippen LogP contribution in [0.5, 0.6) is 0 Å². The summed E-state index contributed by atoms with van der Waals surface area (Å²) in [7, 11) is 0. The highest BCUT2D eigenvalue weighted by atomic mass is 16.8. The molecule has 5 saturated heterocycles. The quantitative estimate of drug-likeness (QED) is 0.139. The van der Waals surface area contributed by atoms with Gasteiger partial charge in [-0.05, 0) is 44.7 Å². The summed E-state index contributed by atoms with van der Waals surface area (Å²) in [5.74, 6) is -4.80. The number of aliphatic hydroxyl groups excluding tert-OH is 3. The van der Waals surface area contributed by atoms with E-state index in [-0.39, 0.29) is 31.3 Å². The van der Waals surface area contributed by atoms with Gasteiger partial charge in [0.2, 0.25) is 12.1 Å². The third-order valence-electron chi connectivity index (χ3n) is 12.0. The highest BCUT2D eigenvalue weighted by molar-refractivity contribution is 5.87. The Morgan fingerprint density at radius 1 is 0.789 bits per heavy atom. The zero-order chi connectivity index (χ0) is 40.8.